The first kappa shape index (κ1) is 15.5. The van der Waals surface area contributed by atoms with E-state index in [0.717, 1.165) is 12.2 Å². The van der Waals surface area contributed by atoms with Gasteiger partial charge in [0.1, 0.15) is 0 Å². The number of hydrogen-bond donors (Lipinski definition) is 1. The van der Waals surface area contributed by atoms with Crippen LogP contribution in [-0.4, -0.2) is 18.6 Å². The lowest BCUT2D eigenvalue weighted by Gasteiger charge is -2.13. The molecule has 3 heteroatoms. The molecule has 1 atom stereocenters. The Balaban J connectivity index is 2.49. The normalized spacial score (nSPS) is 12.3. The highest BCUT2D eigenvalue weighted by atomic mass is 16.5. The van der Waals surface area contributed by atoms with Crippen LogP contribution in [0.25, 0.3) is 0 Å². The van der Waals surface area contributed by atoms with E-state index in [-0.39, 0.29) is 12.1 Å². The highest BCUT2D eigenvalue weighted by Gasteiger charge is 2.08. The predicted octanol–water partition coefficient (Wildman–Crippen LogP) is 4.10. The van der Waals surface area contributed by atoms with E-state index in [1.807, 2.05) is 26.0 Å². The quantitative estimate of drug-likeness (QED) is 0.753. The molecular weight excluding hydrogens is 238 g/mol. The third-order valence-corrected chi connectivity index (χ3v) is 2.90. The maximum atomic E-state index is 11.7. The summed E-state index contributed by atoms with van der Waals surface area (Å²) >= 11 is 0. The minimum atomic E-state index is -0.263. The summed E-state index contributed by atoms with van der Waals surface area (Å²) in [4.78, 5) is 11.7. The van der Waals surface area contributed by atoms with Gasteiger partial charge in [-0.2, -0.15) is 0 Å². The Bertz CT molecular complexity index is 384. The van der Waals surface area contributed by atoms with E-state index in [4.69, 9.17) is 4.74 Å². The fourth-order valence-corrected chi connectivity index (χ4v) is 1.89. The van der Waals surface area contributed by atoms with Crippen LogP contribution in [0.4, 0.5) is 5.69 Å². The number of rotatable bonds is 7. The first-order valence-corrected chi connectivity index (χ1v) is 7.07. The van der Waals surface area contributed by atoms with Crippen molar-refractivity contribution in [2.45, 2.75) is 46.6 Å². The Kier molecular flexibility index (Phi) is 6.40. The predicted molar refractivity (Wildman–Crippen MR) is 79.6 cm³/mol. The zero-order chi connectivity index (χ0) is 14.3. The van der Waals surface area contributed by atoms with Gasteiger partial charge in [-0.15, -0.1) is 0 Å². The molecule has 3 nitrogen and oxygen atoms in total. The van der Waals surface area contributed by atoms with Crippen LogP contribution in [0.1, 0.15) is 50.9 Å². The summed E-state index contributed by atoms with van der Waals surface area (Å²) in [6.07, 6.45) is 2.36. The fourth-order valence-electron chi connectivity index (χ4n) is 1.89. The van der Waals surface area contributed by atoms with Crippen molar-refractivity contribution in [3.63, 3.8) is 0 Å². The minimum absolute atomic E-state index is 0.0832. The molecular formula is C16H25NO2. The molecule has 1 aromatic rings. The summed E-state index contributed by atoms with van der Waals surface area (Å²) in [6, 6.07) is 7.46. The summed E-state index contributed by atoms with van der Waals surface area (Å²) < 4.78 is 5.15. The van der Waals surface area contributed by atoms with Gasteiger partial charge in [0.2, 0.25) is 0 Å². The Morgan fingerprint density at radius 3 is 2.37 bits per heavy atom. The van der Waals surface area contributed by atoms with Crippen LogP contribution in [0.5, 0.6) is 0 Å². The molecule has 0 heterocycles. The first-order valence-electron chi connectivity index (χ1n) is 7.07. The van der Waals surface area contributed by atoms with Gasteiger partial charge in [0.05, 0.1) is 11.7 Å². The van der Waals surface area contributed by atoms with Gasteiger partial charge >= 0.3 is 5.97 Å². The molecule has 1 unspecified atom stereocenters. The standard InChI is InChI=1S/C16H25NO2/c1-5-6-13(4)11-17-15-9-7-14(8-10-15)16(18)19-12(2)3/h7-10,12-13,17H,5-6,11H2,1-4H3. The molecule has 0 saturated heterocycles. The smallest absolute Gasteiger partial charge is 0.338 e. The first-order chi connectivity index (χ1) is 9.02. The van der Waals surface area contributed by atoms with Crippen molar-refractivity contribution < 1.29 is 9.53 Å². The lowest BCUT2D eigenvalue weighted by molar-refractivity contribution is 0.0378. The molecule has 0 aromatic heterocycles. The van der Waals surface area contributed by atoms with Crippen LogP contribution in [0.2, 0.25) is 0 Å². The van der Waals surface area contributed by atoms with Gasteiger partial charge in [-0.25, -0.2) is 4.79 Å². The number of hydrogen-bond acceptors (Lipinski definition) is 3. The van der Waals surface area contributed by atoms with E-state index in [2.05, 4.69) is 19.2 Å². The van der Waals surface area contributed by atoms with E-state index in [1.54, 1.807) is 12.1 Å². The van der Waals surface area contributed by atoms with E-state index < -0.39 is 0 Å². The molecule has 0 amide bonds. The molecule has 0 saturated carbocycles. The number of nitrogens with one attached hydrogen (secondary N) is 1. The number of carbonyl (C=O) groups is 1. The van der Waals surface area contributed by atoms with Crippen molar-refractivity contribution in [3.8, 4) is 0 Å². The van der Waals surface area contributed by atoms with Crippen LogP contribution < -0.4 is 5.32 Å². The molecule has 19 heavy (non-hydrogen) atoms. The van der Waals surface area contributed by atoms with Gasteiger partial charge in [-0.1, -0.05) is 20.3 Å². The van der Waals surface area contributed by atoms with Crippen molar-refractivity contribution in [1.82, 2.24) is 0 Å². The zero-order valence-electron chi connectivity index (χ0n) is 12.4. The van der Waals surface area contributed by atoms with Crippen molar-refractivity contribution in [2.75, 3.05) is 11.9 Å². The average Bonchev–Trinajstić information content (AvgIpc) is 2.36. The van der Waals surface area contributed by atoms with E-state index in [1.165, 1.54) is 12.8 Å². The molecule has 1 aromatic carbocycles. The molecule has 106 valence electrons. The summed E-state index contributed by atoms with van der Waals surface area (Å²) in [5.74, 6) is 0.400. The van der Waals surface area contributed by atoms with Crippen LogP contribution in [0.3, 0.4) is 0 Å². The Labute approximate surface area is 116 Å². The highest BCUT2D eigenvalue weighted by Crippen LogP contribution is 2.13. The van der Waals surface area contributed by atoms with Gasteiger partial charge < -0.3 is 10.1 Å². The second kappa shape index (κ2) is 7.82. The van der Waals surface area contributed by atoms with Crippen molar-refractivity contribution in [3.05, 3.63) is 29.8 Å². The maximum absolute atomic E-state index is 11.7. The number of anilines is 1. The average molecular weight is 263 g/mol. The van der Waals surface area contributed by atoms with Gasteiger partial charge in [0.25, 0.3) is 0 Å². The Morgan fingerprint density at radius 1 is 1.21 bits per heavy atom. The van der Waals surface area contributed by atoms with Crippen molar-refractivity contribution in [2.24, 2.45) is 5.92 Å². The number of esters is 1. The van der Waals surface area contributed by atoms with Crippen molar-refractivity contribution >= 4 is 11.7 Å². The summed E-state index contributed by atoms with van der Waals surface area (Å²) in [7, 11) is 0. The van der Waals surface area contributed by atoms with E-state index >= 15 is 0 Å². The highest BCUT2D eigenvalue weighted by molar-refractivity contribution is 5.89. The second-order valence-electron chi connectivity index (χ2n) is 5.31. The number of carbonyl (C=O) groups excluding carboxylic acids is 1. The van der Waals surface area contributed by atoms with Crippen LogP contribution in [0, 0.1) is 5.92 Å². The van der Waals surface area contributed by atoms with E-state index in [9.17, 15) is 4.79 Å². The van der Waals surface area contributed by atoms with Crippen LogP contribution in [0.15, 0.2) is 24.3 Å². The van der Waals surface area contributed by atoms with Gasteiger partial charge in [0, 0.05) is 12.2 Å². The van der Waals surface area contributed by atoms with Crippen LogP contribution in [-0.2, 0) is 4.74 Å². The van der Waals surface area contributed by atoms with Gasteiger partial charge in [-0.3, -0.25) is 0 Å². The summed E-state index contributed by atoms with van der Waals surface area (Å²) in [5, 5.41) is 3.38. The number of ether oxygens (including phenoxy) is 1. The zero-order valence-corrected chi connectivity index (χ0v) is 12.4. The van der Waals surface area contributed by atoms with Gasteiger partial charge in [-0.05, 0) is 50.5 Å². The molecule has 0 spiro atoms. The molecule has 0 fully saturated rings. The maximum Gasteiger partial charge on any atom is 0.338 e. The number of benzene rings is 1. The molecule has 1 rings (SSSR count). The lowest BCUT2D eigenvalue weighted by atomic mass is 10.1. The third-order valence-electron chi connectivity index (χ3n) is 2.90. The molecule has 0 radical (unpaired) electrons. The summed E-state index contributed by atoms with van der Waals surface area (Å²) in [5.41, 5.74) is 1.64. The largest absolute Gasteiger partial charge is 0.459 e. The van der Waals surface area contributed by atoms with Crippen LogP contribution >= 0.6 is 0 Å². The molecule has 0 aliphatic heterocycles. The lowest BCUT2D eigenvalue weighted by Crippen LogP contribution is -2.12. The Morgan fingerprint density at radius 2 is 1.84 bits per heavy atom. The Hall–Kier alpha value is -1.51. The summed E-state index contributed by atoms with van der Waals surface area (Å²) in [6.45, 7) is 9.10. The molecule has 0 bridgehead atoms. The third kappa shape index (κ3) is 5.77. The molecule has 0 aliphatic carbocycles. The van der Waals surface area contributed by atoms with Gasteiger partial charge in [0.15, 0.2) is 0 Å². The van der Waals surface area contributed by atoms with E-state index in [0.29, 0.717) is 11.5 Å². The fraction of sp³-hybridized carbons (Fsp3) is 0.562. The molecule has 0 aliphatic rings. The van der Waals surface area contributed by atoms with Crippen molar-refractivity contribution in [1.29, 1.82) is 0 Å². The SMILES string of the molecule is CCCC(C)CNc1ccc(C(=O)OC(C)C)cc1. The monoisotopic (exact) mass is 263 g/mol. The topological polar surface area (TPSA) is 38.3 Å². The molecule has 1 N–H and O–H groups in total. The second-order valence-corrected chi connectivity index (χ2v) is 5.31. The minimum Gasteiger partial charge on any atom is -0.459 e.